The van der Waals surface area contributed by atoms with E-state index in [4.69, 9.17) is 16.3 Å². The van der Waals surface area contributed by atoms with Gasteiger partial charge in [0.15, 0.2) is 0 Å². The lowest BCUT2D eigenvalue weighted by Gasteiger charge is -2.35. The zero-order valence-corrected chi connectivity index (χ0v) is 14.1. The summed E-state index contributed by atoms with van der Waals surface area (Å²) in [4.78, 5) is 19.4. The number of halogens is 1. The molecule has 0 aliphatic carbocycles. The van der Waals surface area contributed by atoms with Gasteiger partial charge in [-0.25, -0.2) is 0 Å². The average molecular weight is 349 g/mol. The van der Waals surface area contributed by atoms with E-state index in [2.05, 4.69) is 4.98 Å². The van der Waals surface area contributed by atoms with Crippen molar-refractivity contribution in [2.45, 2.75) is 5.60 Å². The van der Waals surface area contributed by atoms with Gasteiger partial charge in [0.25, 0.3) is 11.5 Å². The van der Waals surface area contributed by atoms with Gasteiger partial charge in [-0.2, -0.15) is 0 Å². The Bertz CT molecular complexity index is 1040. The summed E-state index contributed by atoms with van der Waals surface area (Å²) in [5.74, 6) is 0.461. The molecule has 0 saturated heterocycles. The highest BCUT2D eigenvalue weighted by molar-refractivity contribution is 6.34. The molecule has 5 heteroatoms. The van der Waals surface area contributed by atoms with Crippen LogP contribution in [0.25, 0.3) is 11.1 Å². The molecule has 1 atom stereocenters. The Hall–Kier alpha value is -2.85. The fourth-order valence-corrected chi connectivity index (χ4v) is 4.06. The van der Waals surface area contributed by atoms with Crippen molar-refractivity contribution in [2.24, 2.45) is 0 Å². The number of nitrogens with zero attached hydrogens (tertiary/aromatic N) is 2. The number of fused-ring (bicyclic) bond motifs is 2. The van der Waals surface area contributed by atoms with Gasteiger partial charge in [-0.3, -0.25) is 9.78 Å². The largest absolute Gasteiger partial charge is 0.465 e. The highest BCUT2D eigenvalue weighted by atomic mass is 35.5. The molecule has 0 fully saturated rings. The lowest BCUT2D eigenvalue weighted by molar-refractivity contribution is -0.130. The maximum absolute atomic E-state index is 13.3. The highest BCUT2D eigenvalue weighted by Crippen LogP contribution is 2.57. The zero-order chi connectivity index (χ0) is 17.2. The van der Waals surface area contributed by atoms with Crippen LogP contribution in [0, 0.1) is 0 Å². The Morgan fingerprint density at radius 1 is 1.08 bits per heavy atom. The van der Waals surface area contributed by atoms with Gasteiger partial charge in [0.1, 0.15) is 5.75 Å². The second kappa shape index (κ2) is 4.83. The van der Waals surface area contributed by atoms with E-state index < -0.39 is 5.60 Å². The van der Waals surface area contributed by atoms with Gasteiger partial charge in [0.2, 0.25) is 0 Å². The van der Waals surface area contributed by atoms with Gasteiger partial charge in [-0.1, -0.05) is 35.9 Å². The number of pyridine rings is 1. The highest BCUT2D eigenvalue weighted by Gasteiger charge is 2.58. The third-order valence-corrected chi connectivity index (χ3v) is 5.21. The number of benzene rings is 2. The van der Waals surface area contributed by atoms with Gasteiger partial charge >= 0.3 is 0 Å². The Labute approximate surface area is 149 Å². The maximum Gasteiger partial charge on any atom is 0.282 e. The molecule has 2 aliphatic rings. The minimum Gasteiger partial charge on any atom is -0.465 e. The Kier molecular flexibility index (Phi) is 2.80. The lowest BCUT2D eigenvalue weighted by Crippen LogP contribution is -2.46. The molecule has 0 N–H and O–H groups in total. The Balaban J connectivity index is 1.96. The molecule has 1 unspecified atom stereocenters. The fourth-order valence-electron chi connectivity index (χ4n) is 3.80. The quantitative estimate of drug-likeness (QED) is 0.667. The van der Waals surface area contributed by atoms with Crippen LogP contribution in [-0.4, -0.2) is 17.9 Å². The van der Waals surface area contributed by atoms with Gasteiger partial charge in [0.05, 0.1) is 11.4 Å². The van der Waals surface area contributed by atoms with Crippen LogP contribution in [0.5, 0.6) is 5.75 Å². The van der Waals surface area contributed by atoms with Gasteiger partial charge in [0, 0.05) is 35.0 Å². The second-order valence-corrected chi connectivity index (χ2v) is 6.58. The van der Waals surface area contributed by atoms with E-state index in [0.717, 1.165) is 22.4 Å². The normalized spacial score (nSPS) is 20.1. The Morgan fingerprint density at radius 2 is 1.88 bits per heavy atom. The van der Waals surface area contributed by atoms with Crippen LogP contribution in [0.15, 0.2) is 60.8 Å². The van der Waals surface area contributed by atoms with Gasteiger partial charge in [-0.05, 0) is 30.3 Å². The van der Waals surface area contributed by atoms with Crippen LogP contribution in [0.2, 0.25) is 5.02 Å². The average Bonchev–Trinajstić information content (AvgIpc) is 2.87. The number of carbonyl (C=O) groups is 1. The molecule has 1 aromatic heterocycles. The second-order valence-electron chi connectivity index (χ2n) is 6.18. The first kappa shape index (κ1) is 14.5. The van der Waals surface area contributed by atoms with Crippen molar-refractivity contribution in [2.75, 3.05) is 11.9 Å². The summed E-state index contributed by atoms with van der Waals surface area (Å²) in [6.45, 7) is 0. The summed E-state index contributed by atoms with van der Waals surface area (Å²) in [6.07, 6.45) is 1.67. The molecule has 0 saturated carbocycles. The molecule has 122 valence electrons. The first-order valence-electron chi connectivity index (χ1n) is 7.95. The van der Waals surface area contributed by atoms with E-state index in [1.54, 1.807) is 18.1 Å². The summed E-state index contributed by atoms with van der Waals surface area (Å²) in [5.41, 5.74) is 2.54. The molecule has 0 spiro atoms. The standard InChI is InChI=1S/C20H13ClN2O2/c1-23-14-10-9-13(21)17-12-6-2-3-7-15(12)25-20(18(14)17,19(23)24)16-8-4-5-11-22-16/h2-11H,1H3. The number of rotatable bonds is 1. The first-order valence-corrected chi connectivity index (χ1v) is 8.33. The number of ether oxygens (including phenoxy) is 1. The van der Waals surface area contributed by atoms with Crippen LogP contribution >= 0.6 is 11.6 Å². The zero-order valence-electron chi connectivity index (χ0n) is 13.4. The number of anilines is 1. The number of aromatic nitrogens is 1. The van der Waals surface area contributed by atoms with E-state index in [1.807, 2.05) is 54.6 Å². The van der Waals surface area contributed by atoms with E-state index in [-0.39, 0.29) is 5.91 Å². The lowest BCUT2D eigenvalue weighted by atomic mass is 9.82. The van der Waals surface area contributed by atoms with Gasteiger partial charge in [-0.15, -0.1) is 0 Å². The minimum atomic E-state index is -1.31. The van der Waals surface area contributed by atoms with Crippen molar-refractivity contribution in [3.05, 3.63) is 77.1 Å². The number of hydrogen-bond donors (Lipinski definition) is 0. The third kappa shape index (κ3) is 1.67. The molecule has 5 rings (SSSR count). The smallest absolute Gasteiger partial charge is 0.282 e. The summed E-state index contributed by atoms with van der Waals surface area (Å²) in [5, 5.41) is 0.595. The number of hydrogen-bond acceptors (Lipinski definition) is 3. The van der Waals surface area contributed by atoms with Crippen molar-refractivity contribution in [1.82, 2.24) is 4.98 Å². The fraction of sp³-hybridized carbons (Fsp3) is 0.100. The molecule has 4 nitrogen and oxygen atoms in total. The Morgan fingerprint density at radius 3 is 2.68 bits per heavy atom. The van der Waals surface area contributed by atoms with E-state index >= 15 is 0 Å². The van der Waals surface area contributed by atoms with Crippen LogP contribution in [-0.2, 0) is 10.4 Å². The van der Waals surface area contributed by atoms with E-state index in [0.29, 0.717) is 16.5 Å². The first-order chi connectivity index (χ1) is 12.1. The van der Waals surface area contributed by atoms with Crippen molar-refractivity contribution in [3.8, 4) is 16.9 Å². The summed E-state index contributed by atoms with van der Waals surface area (Å²) in [6, 6.07) is 16.8. The molecule has 1 amide bonds. The van der Waals surface area contributed by atoms with E-state index in [1.165, 1.54) is 0 Å². The molecule has 2 aliphatic heterocycles. The summed E-state index contributed by atoms with van der Waals surface area (Å²) in [7, 11) is 1.75. The number of carbonyl (C=O) groups excluding carboxylic acids is 1. The third-order valence-electron chi connectivity index (χ3n) is 4.90. The van der Waals surface area contributed by atoms with Crippen LogP contribution in [0.4, 0.5) is 5.69 Å². The van der Waals surface area contributed by atoms with Crippen molar-refractivity contribution < 1.29 is 9.53 Å². The van der Waals surface area contributed by atoms with E-state index in [9.17, 15) is 4.79 Å². The summed E-state index contributed by atoms with van der Waals surface area (Å²) < 4.78 is 6.36. The number of likely N-dealkylation sites (N-methyl/N-ethyl adjacent to an activating group) is 1. The number of para-hydroxylation sites is 1. The monoisotopic (exact) mass is 348 g/mol. The van der Waals surface area contributed by atoms with Gasteiger partial charge < -0.3 is 9.64 Å². The molecule has 25 heavy (non-hydrogen) atoms. The topological polar surface area (TPSA) is 42.4 Å². The molecular formula is C20H13ClN2O2. The van der Waals surface area contributed by atoms with Crippen LogP contribution < -0.4 is 9.64 Å². The van der Waals surface area contributed by atoms with Crippen LogP contribution in [0.3, 0.4) is 0 Å². The molecule has 0 radical (unpaired) electrons. The molecule has 3 aromatic rings. The minimum absolute atomic E-state index is 0.167. The predicted octanol–water partition coefficient (Wildman–Crippen LogP) is 4.01. The summed E-state index contributed by atoms with van der Waals surface area (Å²) >= 11 is 6.57. The molecular weight excluding hydrogens is 336 g/mol. The van der Waals surface area contributed by atoms with Crippen molar-refractivity contribution in [3.63, 3.8) is 0 Å². The number of amides is 1. The predicted molar refractivity (Wildman–Crippen MR) is 95.9 cm³/mol. The maximum atomic E-state index is 13.3. The SMILES string of the molecule is CN1C(=O)C2(c3ccccn3)Oc3ccccc3-c3c(Cl)ccc1c32. The van der Waals surface area contributed by atoms with Crippen LogP contribution in [0.1, 0.15) is 11.3 Å². The van der Waals surface area contributed by atoms with Crippen molar-refractivity contribution >= 4 is 23.2 Å². The molecule has 3 heterocycles. The molecule has 0 bridgehead atoms. The molecule has 2 aromatic carbocycles. The van der Waals surface area contributed by atoms with Crippen molar-refractivity contribution in [1.29, 1.82) is 0 Å².